The number of hydrogen-bond acceptors (Lipinski definition) is 5. The van der Waals surface area contributed by atoms with Crippen LogP contribution in [0.1, 0.15) is 13.8 Å². The number of para-hydroxylation sites is 1. The van der Waals surface area contributed by atoms with Gasteiger partial charge in [0.2, 0.25) is 0 Å². The highest BCUT2D eigenvalue weighted by Gasteiger charge is 2.12. The number of carbonyl (C=O) groups excluding carboxylic acids is 1. The molecule has 0 aliphatic heterocycles. The Morgan fingerprint density at radius 2 is 2.04 bits per heavy atom. The van der Waals surface area contributed by atoms with E-state index in [0.717, 1.165) is 17.0 Å². The molecule has 1 amide bonds. The van der Waals surface area contributed by atoms with Gasteiger partial charge in [-0.05, 0) is 26.0 Å². The van der Waals surface area contributed by atoms with Crippen molar-refractivity contribution in [3.05, 3.63) is 49.9 Å². The normalized spacial score (nSPS) is 12.6. The van der Waals surface area contributed by atoms with Gasteiger partial charge in [-0.1, -0.05) is 18.2 Å². The van der Waals surface area contributed by atoms with Gasteiger partial charge >= 0.3 is 0 Å². The van der Waals surface area contributed by atoms with E-state index in [1.807, 2.05) is 42.2 Å². The van der Waals surface area contributed by atoms with E-state index in [4.69, 9.17) is 11.0 Å². The Balaban J connectivity index is 2.73. The maximum atomic E-state index is 12.6. The summed E-state index contributed by atoms with van der Waals surface area (Å²) in [6, 6.07) is 11.5. The third-order valence-corrected chi connectivity index (χ3v) is 4.62. The molecule has 0 unspecified atom stereocenters. The fraction of sp³-hybridized carbons (Fsp3) is 0.235. The Morgan fingerprint density at radius 3 is 2.54 bits per heavy atom. The Kier molecular flexibility index (Phi) is 5.55. The van der Waals surface area contributed by atoms with Crippen LogP contribution < -0.4 is 25.4 Å². The Morgan fingerprint density at radius 1 is 1.38 bits per heavy atom. The molecule has 0 aliphatic rings. The first kappa shape index (κ1) is 17.5. The topological polar surface area (TPSA) is 92.1 Å². The van der Waals surface area contributed by atoms with Gasteiger partial charge in [-0.2, -0.15) is 5.26 Å². The number of primary amides is 1. The number of anilines is 1. The molecule has 1 heterocycles. The summed E-state index contributed by atoms with van der Waals surface area (Å²) in [5, 5.41) is 9.16. The molecule has 0 aliphatic carbocycles. The minimum absolute atomic E-state index is 0.193. The lowest BCUT2D eigenvalue weighted by Crippen LogP contribution is -2.34. The molecule has 0 bridgehead atoms. The Labute approximate surface area is 143 Å². The predicted molar refractivity (Wildman–Crippen MR) is 95.6 cm³/mol. The second-order valence-electron chi connectivity index (χ2n) is 4.92. The van der Waals surface area contributed by atoms with Gasteiger partial charge < -0.3 is 10.6 Å². The van der Waals surface area contributed by atoms with Crippen LogP contribution in [0, 0.1) is 11.3 Å². The molecule has 24 heavy (non-hydrogen) atoms. The van der Waals surface area contributed by atoms with Crippen LogP contribution in [-0.2, 0) is 11.3 Å². The summed E-state index contributed by atoms with van der Waals surface area (Å²) in [7, 11) is 0. The lowest BCUT2D eigenvalue weighted by molar-refractivity contribution is -0.112. The van der Waals surface area contributed by atoms with Crippen molar-refractivity contribution in [2.75, 3.05) is 11.4 Å². The summed E-state index contributed by atoms with van der Waals surface area (Å²) in [4.78, 5) is 26.0. The summed E-state index contributed by atoms with van der Waals surface area (Å²) in [5.41, 5.74) is 5.78. The molecule has 7 heteroatoms. The minimum Gasteiger partial charge on any atom is -0.365 e. The number of nitriles is 1. The number of nitrogens with zero attached hydrogens (tertiary/aromatic N) is 3. The number of carbonyl (C=O) groups is 1. The standard InChI is InChI=1S/C17H18N4O2S/c1-3-20(12-8-6-5-7-9-12)11-14-16(23)21(4-2)17(24-14)13(10-18)15(19)22/h5-9,11H,3-4H2,1-2H3,(H2,19,22)/b14-11-,17-13-. The van der Waals surface area contributed by atoms with E-state index in [1.165, 1.54) is 4.57 Å². The highest BCUT2D eigenvalue weighted by atomic mass is 32.1. The van der Waals surface area contributed by atoms with Crippen LogP contribution in [0.5, 0.6) is 0 Å². The molecule has 0 fully saturated rings. The number of hydrogen-bond donors (Lipinski definition) is 1. The summed E-state index contributed by atoms with van der Waals surface area (Å²) in [6.07, 6.45) is 1.74. The highest BCUT2D eigenvalue weighted by Crippen LogP contribution is 2.12. The SMILES string of the molecule is CCN(/C=c1\s/c(=C(/C#N)C(N)=O)n(CC)c1=O)c1ccccc1. The van der Waals surface area contributed by atoms with Crippen LogP contribution >= 0.6 is 11.3 Å². The van der Waals surface area contributed by atoms with Gasteiger partial charge in [0.25, 0.3) is 11.5 Å². The van der Waals surface area contributed by atoms with E-state index < -0.39 is 5.91 Å². The summed E-state index contributed by atoms with van der Waals surface area (Å²) in [6.45, 7) is 4.79. The molecule has 0 radical (unpaired) electrons. The number of aromatic nitrogens is 1. The van der Waals surface area contributed by atoms with Gasteiger partial charge in [0, 0.05) is 25.0 Å². The largest absolute Gasteiger partial charge is 0.365 e. The van der Waals surface area contributed by atoms with Gasteiger partial charge in [-0.25, -0.2) is 0 Å². The second kappa shape index (κ2) is 7.62. The third-order valence-electron chi connectivity index (χ3n) is 3.50. The van der Waals surface area contributed by atoms with Gasteiger partial charge in [0.05, 0.1) is 0 Å². The molecule has 0 atom stereocenters. The van der Waals surface area contributed by atoms with Crippen molar-refractivity contribution in [2.24, 2.45) is 5.73 Å². The second-order valence-corrected chi connectivity index (χ2v) is 5.95. The zero-order chi connectivity index (χ0) is 17.7. The van der Waals surface area contributed by atoms with Crippen LogP contribution in [0.2, 0.25) is 0 Å². The summed E-state index contributed by atoms with van der Waals surface area (Å²) >= 11 is 1.10. The van der Waals surface area contributed by atoms with Gasteiger partial charge in [-0.3, -0.25) is 14.2 Å². The molecule has 2 aromatic rings. The van der Waals surface area contributed by atoms with Gasteiger partial charge in [-0.15, -0.1) is 11.3 Å². The van der Waals surface area contributed by atoms with Crippen LogP contribution in [0.25, 0.3) is 11.8 Å². The van der Waals surface area contributed by atoms with E-state index in [2.05, 4.69) is 0 Å². The van der Waals surface area contributed by atoms with Crippen molar-refractivity contribution in [1.29, 1.82) is 5.26 Å². The van der Waals surface area contributed by atoms with E-state index >= 15 is 0 Å². The molecule has 0 saturated carbocycles. The van der Waals surface area contributed by atoms with Crippen molar-refractivity contribution < 1.29 is 4.79 Å². The molecule has 0 spiro atoms. The first-order valence-corrected chi connectivity index (χ1v) is 8.32. The Bertz CT molecular complexity index is 951. The third kappa shape index (κ3) is 3.39. The number of benzene rings is 1. The van der Waals surface area contributed by atoms with E-state index in [9.17, 15) is 9.59 Å². The molecule has 6 nitrogen and oxygen atoms in total. The highest BCUT2D eigenvalue weighted by molar-refractivity contribution is 7.07. The zero-order valence-electron chi connectivity index (χ0n) is 13.5. The maximum Gasteiger partial charge on any atom is 0.270 e. The molecule has 0 saturated heterocycles. The first-order valence-electron chi connectivity index (χ1n) is 7.50. The van der Waals surface area contributed by atoms with Crippen LogP contribution in [-0.4, -0.2) is 17.0 Å². The van der Waals surface area contributed by atoms with Crippen molar-refractivity contribution in [1.82, 2.24) is 4.57 Å². The van der Waals surface area contributed by atoms with E-state index in [1.54, 1.807) is 19.2 Å². The average molecular weight is 342 g/mol. The quantitative estimate of drug-likeness (QED) is 0.849. The molecule has 2 rings (SSSR count). The number of rotatable bonds is 5. The Hall–Kier alpha value is -2.85. The lowest BCUT2D eigenvalue weighted by Gasteiger charge is -2.17. The smallest absolute Gasteiger partial charge is 0.270 e. The molecule has 2 N–H and O–H groups in total. The molecular formula is C17H18N4O2S. The van der Waals surface area contributed by atoms with Crippen LogP contribution in [0.3, 0.4) is 0 Å². The number of thiazole rings is 1. The lowest BCUT2D eigenvalue weighted by atomic mass is 10.3. The van der Waals surface area contributed by atoms with Crippen molar-refractivity contribution in [3.8, 4) is 6.07 Å². The molecule has 1 aromatic heterocycles. The van der Waals surface area contributed by atoms with Crippen LogP contribution in [0.4, 0.5) is 5.69 Å². The molecular weight excluding hydrogens is 324 g/mol. The van der Waals surface area contributed by atoms with Gasteiger partial charge in [0.15, 0.2) is 5.57 Å². The van der Waals surface area contributed by atoms with E-state index in [-0.39, 0.29) is 11.1 Å². The maximum absolute atomic E-state index is 12.6. The van der Waals surface area contributed by atoms with Gasteiger partial charge in [0.1, 0.15) is 15.3 Å². The van der Waals surface area contributed by atoms with Crippen LogP contribution in [0.15, 0.2) is 35.1 Å². The fourth-order valence-corrected chi connectivity index (χ4v) is 3.46. The number of nitrogens with two attached hydrogens (primary N) is 1. The molecule has 124 valence electrons. The molecule has 1 aromatic carbocycles. The predicted octanol–water partition coefficient (Wildman–Crippen LogP) is 0.354. The number of amides is 1. The van der Waals surface area contributed by atoms with Crippen molar-refractivity contribution >= 4 is 34.7 Å². The summed E-state index contributed by atoms with van der Waals surface area (Å²) in [5.74, 6) is -0.831. The summed E-state index contributed by atoms with van der Waals surface area (Å²) < 4.78 is 2.15. The van der Waals surface area contributed by atoms with E-state index in [0.29, 0.717) is 22.3 Å². The monoisotopic (exact) mass is 342 g/mol. The van der Waals surface area contributed by atoms with Crippen molar-refractivity contribution in [2.45, 2.75) is 20.4 Å². The van der Waals surface area contributed by atoms with Crippen molar-refractivity contribution in [3.63, 3.8) is 0 Å². The first-order chi connectivity index (χ1) is 11.5. The zero-order valence-corrected chi connectivity index (χ0v) is 14.3. The fourth-order valence-electron chi connectivity index (χ4n) is 2.30. The average Bonchev–Trinajstić information content (AvgIpc) is 2.89. The minimum atomic E-state index is -0.831.